The minimum Gasteiger partial charge on any atom is -0.393 e. The van der Waals surface area contributed by atoms with E-state index >= 15 is 0 Å². The molecule has 0 aliphatic heterocycles. The van der Waals surface area contributed by atoms with Crippen LogP contribution in [0.15, 0.2) is 30.5 Å². The molecule has 102 valence electrons. The van der Waals surface area contributed by atoms with Crippen LogP contribution < -0.4 is 0 Å². The Kier molecular flexibility index (Phi) is 3.61. The summed E-state index contributed by atoms with van der Waals surface area (Å²) in [5.74, 6) is 0. The summed E-state index contributed by atoms with van der Waals surface area (Å²) in [5, 5.41) is 10.8. The molecule has 1 aromatic heterocycles. The van der Waals surface area contributed by atoms with Crippen LogP contribution in [0.1, 0.15) is 50.6 Å². The molecule has 1 aromatic carbocycles. The Labute approximate surface area is 115 Å². The Morgan fingerprint density at radius 3 is 2.74 bits per heavy atom. The zero-order valence-electron chi connectivity index (χ0n) is 11.7. The van der Waals surface area contributed by atoms with Crippen LogP contribution in [-0.4, -0.2) is 15.8 Å². The van der Waals surface area contributed by atoms with Gasteiger partial charge >= 0.3 is 0 Å². The molecule has 1 atom stereocenters. The van der Waals surface area contributed by atoms with Crippen molar-refractivity contribution in [2.45, 2.75) is 57.6 Å². The number of aliphatic hydroxyl groups is 1. The van der Waals surface area contributed by atoms with Crippen LogP contribution in [0.2, 0.25) is 0 Å². The molecule has 1 heterocycles. The van der Waals surface area contributed by atoms with Gasteiger partial charge < -0.3 is 9.67 Å². The van der Waals surface area contributed by atoms with Gasteiger partial charge in [-0.1, -0.05) is 25.3 Å². The molecule has 0 spiro atoms. The van der Waals surface area contributed by atoms with Crippen LogP contribution in [0, 0.1) is 0 Å². The predicted octanol–water partition coefficient (Wildman–Crippen LogP) is 4.07. The van der Waals surface area contributed by atoms with Crippen molar-refractivity contribution < 1.29 is 5.11 Å². The van der Waals surface area contributed by atoms with Crippen molar-refractivity contribution in [1.29, 1.82) is 0 Å². The van der Waals surface area contributed by atoms with Gasteiger partial charge in [0, 0.05) is 17.8 Å². The molecular formula is C17H23NO. The van der Waals surface area contributed by atoms with E-state index in [9.17, 15) is 5.11 Å². The Morgan fingerprint density at radius 2 is 2.00 bits per heavy atom. The second-order valence-electron chi connectivity index (χ2n) is 5.96. The molecule has 3 rings (SSSR count). The fourth-order valence-corrected chi connectivity index (χ4v) is 3.36. The maximum Gasteiger partial charge on any atom is 0.0552 e. The Morgan fingerprint density at radius 1 is 1.21 bits per heavy atom. The summed E-state index contributed by atoms with van der Waals surface area (Å²) in [5.41, 5.74) is 2.57. The number of benzene rings is 1. The van der Waals surface area contributed by atoms with Gasteiger partial charge in [0.2, 0.25) is 0 Å². The number of rotatable bonds is 3. The van der Waals surface area contributed by atoms with Gasteiger partial charge in [0.25, 0.3) is 0 Å². The molecule has 0 saturated heterocycles. The van der Waals surface area contributed by atoms with Gasteiger partial charge in [0.15, 0.2) is 0 Å². The van der Waals surface area contributed by atoms with Crippen molar-refractivity contribution in [3.8, 4) is 0 Å². The molecule has 2 nitrogen and oxygen atoms in total. The first-order valence-corrected chi connectivity index (χ1v) is 7.51. The van der Waals surface area contributed by atoms with E-state index in [0.29, 0.717) is 6.04 Å². The molecule has 1 saturated carbocycles. The van der Waals surface area contributed by atoms with E-state index in [-0.39, 0.29) is 6.10 Å². The van der Waals surface area contributed by atoms with Crippen molar-refractivity contribution in [1.82, 2.24) is 4.57 Å². The minimum atomic E-state index is -0.266. The largest absolute Gasteiger partial charge is 0.393 e. The smallest absolute Gasteiger partial charge is 0.0552 e. The molecule has 0 amide bonds. The van der Waals surface area contributed by atoms with E-state index in [4.69, 9.17) is 0 Å². The van der Waals surface area contributed by atoms with Gasteiger partial charge in [0.05, 0.1) is 6.10 Å². The molecule has 2 heteroatoms. The Hall–Kier alpha value is -1.28. The molecule has 0 bridgehead atoms. The first kappa shape index (κ1) is 12.7. The van der Waals surface area contributed by atoms with E-state index < -0.39 is 0 Å². The van der Waals surface area contributed by atoms with E-state index in [1.807, 2.05) is 6.92 Å². The second-order valence-corrected chi connectivity index (χ2v) is 5.96. The maximum atomic E-state index is 9.48. The molecule has 1 N–H and O–H groups in total. The van der Waals surface area contributed by atoms with Crippen LogP contribution in [0.25, 0.3) is 10.9 Å². The standard InChI is InChI=1S/C17H23NO/c1-13(19)11-14-7-8-17-15(12-14)9-10-18(17)16-5-3-2-4-6-16/h7-10,12-13,16,19H,2-6,11H2,1H3. The first-order chi connectivity index (χ1) is 9.24. The summed E-state index contributed by atoms with van der Waals surface area (Å²) in [6, 6.07) is 9.52. The molecule has 1 aliphatic carbocycles. The molecule has 1 fully saturated rings. The average Bonchev–Trinajstić information content (AvgIpc) is 2.82. The van der Waals surface area contributed by atoms with Crippen LogP contribution in [0.4, 0.5) is 0 Å². The maximum absolute atomic E-state index is 9.48. The normalized spacial score (nSPS) is 18.8. The molecule has 0 radical (unpaired) electrons. The number of aliphatic hydroxyl groups excluding tert-OH is 1. The van der Waals surface area contributed by atoms with Crippen molar-refractivity contribution in [3.63, 3.8) is 0 Å². The van der Waals surface area contributed by atoms with E-state index in [1.165, 1.54) is 48.6 Å². The Balaban J connectivity index is 1.90. The fraction of sp³-hybridized carbons (Fsp3) is 0.529. The number of aromatic nitrogens is 1. The third-order valence-electron chi connectivity index (χ3n) is 4.28. The minimum absolute atomic E-state index is 0.266. The van der Waals surface area contributed by atoms with Gasteiger partial charge in [-0.05, 0) is 55.3 Å². The van der Waals surface area contributed by atoms with Crippen molar-refractivity contribution in [2.24, 2.45) is 0 Å². The molecule has 19 heavy (non-hydrogen) atoms. The predicted molar refractivity (Wildman–Crippen MR) is 79.4 cm³/mol. The van der Waals surface area contributed by atoms with Crippen LogP contribution in [-0.2, 0) is 6.42 Å². The summed E-state index contributed by atoms with van der Waals surface area (Å²) in [6.45, 7) is 1.84. The number of hydrogen-bond acceptors (Lipinski definition) is 1. The van der Waals surface area contributed by atoms with Gasteiger partial charge in [-0.15, -0.1) is 0 Å². The third kappa shape index (κ3) is 2.69. The van der Waals surface area contributed by atoms with Crippen molar-refractivity contribution in [2.75, 3.05) is 0 Å². The third-order valence-corrected chi connectivity index (χ3v) is 4.28. The summed E-state index contributed by atoms with van der Waals surface area (Å²) < 4.78 is 2.46. The molecular weight excluding hydrogens is 234 g/mol. The Bertz CT molecular complexity index is 549. The van der Waals surface area contributed by atoms with Crippen LogP contribution in [0.3, 0.4) is 0 Å². The van der Waals surface area contributed by atoms with Crippen LogP contribution >= 0.6 is 0 Å². The van der Waals surface area contributed by atoms with Gasteiger partial charge in [-0.25, -0.2) is 0 Å². The van der Waals surface area contributed by atoms with Crippen LogP contribution in [0.5, 0.6) is 0 Å². The summed E-state index contributed by atoms with van der Waals surface area (Å²) >= 11 is 0. The molecule has 2 aromatic rings. The fourth-order valence-electron chi connectivity index (χ4n) is 3.36. The highest BCUT2D eigenvalue weighted by atomic mass is 16.3. The molecule has 1 unspecified atom stereocenters. The lowest BCUT2D eigenvalue weighted by molar-refractivity contribution is 0.195. The number of nitrogens with zero attached hydrogens (tertiary/aromatic N) is 1. The zero-order valence-corrected chi connectivity index (χ0v) is 11.7. The summed E-state index contributed by atoms with van der Waals surface area (Å²) in [6.07, 6.45) is 9.48. The quantitative estimate of drug-likeness (QED) is 0.881. The zero-order chi connectivity index (χ0) is 13.2. The topological polar surface area (TPSA) is 25.2 Å². The van der Waals surface area contributed by atoms with Gasteiger partial charge in [-0.2, -0.15) is 0 Å². The van der Waals surface area contributed by atoms with Crippen molar-refractivity contribution in [3.05, 3.63) is 36.0 Å². The highest BCUT2D eigenvalue weighted by Crippen LogP contribution is 2.31. The van der Waals surface area contributed by atoms with E-state index in [0.717, 1.165) is 6.42 Å². The number of fused-ring (bicyclic) bond motifs is 1. The average molecular weight is 257 g/mol. The monoisotopic (exact) mass is 257 g/mol. The highest BCUT2D eigenvalue weighted by molar-refractivity contribution is 5.81. The van der Waals surface area contributed by atoms with E-state index in [1.54, 1.807) is 0 Å². The summed E-state index contributed by atoms with van der Waals surface area (Å²) in [4.78, 5) is 0. The number of hydrogen-bond donors (Lipinski definition) is 1. The lowest BCUT2D eigenvalue weighted by Gasteiger charge is -2.24. The highest BCUT2D eigenvalue weighted by Gasteiger charge is 2.16. The lowest BCUT2D eigenvalue weighted by atomic mass is 9.95. The van der Waals surface area contributed by atoms with E-state index in [2.05, 4.69) is 35.0 Å². The SMILES string of the molecule is CC(O)Cc1ccc2c(ccn2C2CCCCC2)c1. The summed E-state index contributed by atoms with van der Waals surface area (Å²) in [7, 11) is 0. The first-order valence-electron chi connectivity index (χ1n) is 7.51. The van der Waals surface area contributed by atoms with Crippen molar-refractivity contribution >= 4 is 10.9 Å². The lowest BCUT2D eigenvalue weighted by Crippen LogP contribution is -2.11. The second kappa shape index (κ2) is 5.38. The van der Waals surface area contributed by atoms with Gasteiger partial charge in [-0.3, -0.25) is 0 Å². The molecule has 1 aliphatic rings. The van der Waals surface area contributed by atoms with Gasteiger partial charge in [0.1, 0.15) is 0 Å².